The predicted molar refractivity (Wildman–Crippen MR) is 171 cm³/mol. The molecule has 0 atom stereocenters. The summed E-state index contributed by atoms with van der Waals surface area (Å²) in [6, 6.07) is 12.0. The molecule has 2 aliphatic rings. The molecule has 0 aromatic heterocycles. The first-order chi connectivity index (χ1) is 19.4. The number of nitrogens with zero attached hydrogens (tertiary/aromatic N) is 3. The lowest BCUT2D eigenvalue weighted by Gasteiger charge is -2.33. The van der Waals surface area contributed by atoms with Crippen LogP contribution >= 0.6 is 0 Å². The summed E-state index contributed by atoms with van der Waals surface area (Å²) >= 11 is 0. The molecule has 4 rings (SSSR count). The van der Waals surface area contributed by atoms with Gasteiger partial charge in [-0.2, -0.15) is 0 Å². The molecule has 226 valence electrons. The summed E-state index contributed by atoms with van der Waals surface area (Å²) in [5.74, 6) is 3.29. The van der Waals surface area contributed by atoms with Crippen molar-refractivity contribution >= 4 is 21.8 Å². The van der Waals surface area contributed by atoms with Crippen molar-refractivity contribution in [2.24, 2.45) is 5.92 Å². The Kier molecular flexibility index (Phi) is 10.1. The molecule has 1 aliphatic heterocycles. The molecular weight excluding hydrogens is 530 g/mol. The number of hydrogen-bond acceptors (Lipinski definition) is 5. The Morgan fingerprint density at radius 3 is 2.12 bits per heavy atom. The van der Waals surface area contributed by atoms with Crippen LogP contribution in [0.5, 0.6) is 5.75 Å². The van der Waals surface area contributed by atoms with Gasteiger partial charge in [0, 0.05) is 45.0 Å². The van der Waals surface area contributed by atoms with Gasteiger partial charge in [-0.3, -0.25) is 0 Å². The first-order valence-electron chi connectivity index (χ1n) is 15.5. The van der Waals surface area contributed by atoms with Gasteiger partial charge < -0.3 is 14.5 Å². The second-order valence-electron chi connectivity index (χ2n) is 12.9. The van der Waals surface area contributed by atoms with Crippen molar-refractivity contribution in [3.05, 3.63) is 58.9 Å². The molecule has 0 bridgehead atoms. The van der Waals surface area contributed by atoms with Gasteiger partial charge in [-0.25, -0.2) is 12.7 Å². The van der Waals surface area contributed by atoms with E-state index in [9.17, 15) is 8.42 Å². The molecule has 2 aromatic carbocycles. The lowest BCUT2D eigenvalue weighted by Crippen LogP contribution is -2.30. The lowest BCUT2D eigenvalue weighted by atomic mass is 9.89. The molecule has 0 amide bonds. The predicted octanol–water partition coefficient (Wildman–Crippen LogP) is 7.67. The molecule has 2 fully saturated rings. The van der Waals surface area contributed by atoms with Gasteiger partial charge >= 0.3 is 0 Å². The topological polar surface area (TPSA) is 53.1 Å². The van der Waals surface area contributed by atoms with E-state index in [1.54, 1.807) is 26.2 Å². The summed E-state index contributed by atoms with van der Waals surface area (Å²) in [4.78, 5) is 5.32. The van der Waals surface area contributed by atoms with Gasteiger partial charge in [0.15, 0.2) is 0 Å². The third kappa shape index (κ3) is 7.11. The minimum Gasteiger partial charge on any atom is -0.490 e. The van der Waals surface area contributed by atoms with E-state index in [-0.39, 0.29) is 11.0 Å². The van der Waals surface area contributed by atoms with Crippen LogP contribution in [0.15, 0.2) is 47.1 Å². The van der Waals surface area contributed by atoms with E-state index in [0.717, 1.165) is 31.0 Å². The molecule has 0 radical (unpaired) electrons. The van der Waals surface area contributed by atoms with Crippen LogP contribution in [-0.4, -0.2) is 57.5 Å². The van der Waals surface area contributed by atoms with Crippen molar-refractivity contribution in [3.63, 3.8) is 0 Å². The highest BCUT2D eigenvalue weighted by Crippen LogP contribution is 2.41. The van der Waals surface area contributed by atoms with Gasteiger partial charge in [-0.15, -0.1) is 0 Å². The molecule has 7 heteroatoms. The van der Waals surface area contributed by atoms with E-state index >= 15 is 0 Å². The number of benzene rings is 2. The highest BCUT2D eigenvalue weighted by molar-refractivity contribution is 7.89. The van der Waals surface area contributed by atoms with E-state index in [1.807, 2.05) is 19.9 Å². The minimum atomic E-state index is -3.59. The largest absolute Gasteiger partial charge is 0.490 e. The third-order valence-corrected chi connectivity index (χ3v) is 10.2. The van der Waals surface area contributed by atoms with E-state index in [4.69, 9.17) is 4.74 Å². The lowest BCUT2D eigenvalue weighted by molar-refractivity contribution is 0.241. The maximum absolute atomic E-state index is 13.2. The first-order valence-corrected chi connectivity index (χ1v) is 16.9. The Bertz CT molecular complexity index is 1300. The maximum Gasteiger partial charge on any atom is 0.242 e. The van der Waals surface area contributed by atoms with Crippen molar-refractivity contribution < 1.29 is 13.2 Å². The van der Waals surface area contributed by atoms with Gasteiger partial charge in [0.05, 0.1) is 11.0 Å². The molecule has 1 saturated carbocycles. The van der Waals surface area contributed by atoms with Gasteiger partial charge in [0.1, 0.15) is 11.6 Å². The van der Waals surface area contributed by atoms with Crippen LogP contribution in [0.3, 0.4) is 0 Å². The zero-order valence-corrected chi connectivity index (χ0v) is 27.3. The summed E-state index contributed by atoms with van der Waals surface area (Å²) in [6.45, 7) is 16.0. The number of para-hydroxylation sites is 1. The Balaban J connectivity index is 1.91. The molecule has 0 unspecified atom stereocenters. The van der Waals surface area contributed by atoms with Crippen LogP contribution in [0.1, 0.15) is 102 Å². The fourth-order valence-electron chi connectivity index (χ4n) is 6.22. The second kappa shape index (κ2) is 13.2. The van der Waals surface area contributed by atoms with Crippen LogP contribution in [-0.2, 0) is 10.0 Å². The number of hydrogen-bond donors (Lipinski definition) is 0. The number of anilines is 1. The third-order valence-electron chi connectivity index (χ3n) is 8.42. The number of sulfonamides is 1. The fourth-order valence-corrected chi connectivity index (χ4v) is 7.15. The van der Waals surface area contributed by atoms with Crippen LogP contribution in [0.25, 0.3) is 6.08 Å². The van der Waals surface area contributed by atoms with Crippen LogP contribution in [0, 0.1) is 5.92 Å². The minimum absolute atomic E-state index is 0.0318. The average Bonchev–Trinajstić information content (AvgIpc) is 3.30. The Morgan fingerprint density at radius 1 is 0.927 bits per heavy atom. The molecule has 1 heterocycles. The summed E-state index contributed by atoms with van der Waals surface area (Å²) < 4.78 is 33.8. The Labute approximate surface area is 249 Å². The van der Waals surface area contributed by atoms with Crippen LogP contribution < -0.4 is 9.64 Å². The van der Waals surface area contributed by atoms with Crippen molar-refractivity contribution in [2.45, 2.75) is 96.5 Å². The molecule has 2 aromatic rings. The van der Waals surface area contributed by atoms with Crippen LogP contribution in [0.4, 0.5) is 5.69 Å². The van der Waals surface area contributed by atoms with E-state index in [0.29, 0.717) is 23.5 Å². The molecule has 41 heavy (non-hydrogen) atoms. The summed E-state index contributed by atoms with van der Waals surface area (Å²) in [5, 5.41) is 0. The highest BCUT2D eigenvalue weighted by atomic mass is 32.2. The van der Waals surface area contributed by atoms with Gasteiger partial charge in [-0.05, 0) is 79.8 Å². The fraction of sp³-hybridized carbons (Fsp3) is 0.588. The zero-order valence-electron chi connectivity index (χ0n) is 26.5. The maximum atomic E-state index is 13.2. The quantitative estimate of drug-likeness (QED) is 0.288. The second-order valence-corrected chi connectivity index (χ2v) is 15.0. The zero-order chi connectivity index (χ0) is 29.9. The number of ether oxygens (including phenoxy) is 1. The Morgan fingerprint density at radius 2 is 1.56 bits per heavy atom. The SMILES string of the molecule is CC(C)Oc1ccc(S(=O)(=O)N(C)C)cc1C=C1N(CC2CCCCC2)CCN1c1c(C(C)C)cccc1C(C)C. The molecule has 0 spiro atoms. The van der Waals surface area contributed by atoms with E-state index < -0.39 is 10.0 Å². The monoisotopic (exact) mass is 581 g/mol. The molecular formula is C34H51N3O3S. The molecule has 6 nitrogen and oxygen atoms in total. The van der Waals surface area contributed by atoms with E-state index in [1.165, 1.54) is 53.2 Å². The number of rotatable bonds is 10. The van der Waals surface area contributed by atoms with Gasteiger partial charge in [0.25, 0.3) is 0 Å². The van der Waals surface area contributed by atoms with Crippen molar-refractivity contribution in [2.75, 3.05) is 38.6 Å². The molecule has 1 aliphatic carbocycles. The van der Waals surface area contributed by atoms with Crippen LogP contribution in [0.2, 0.25) is 0 Å². The Hall–Kier alpha value is -2.51. The van der Waals surface area contributed by atoms with Crippen molar-refractivity contribution in [3.8, 4) is 5.75 Å². The average molecular weight is 582 g/mol. The molecule has 0 N–H and O–H groups in total. The summed E-state index contributed by atoms with van der Waals surface area (Å²) in [6.07, 6.45) is 8.68. The van der Waals surface area contributed by atoms with Crippen molar-refractivity contribution in [1.82, 2.24) is 9.21 Å². The normalized spacial score (nSPS) is 18.1. The summed E-state index contributed by atoms with van der Waals surface area (Å²) in [5.41, 5.74) is 4.80. The molecule has 1 saturated heterocycles. The van der Waals surface area contributed by atoms with Crippen molar-refractivity contribution in [1.29, 1.82) is 0 Å². The van der Waals surface area contributed by atoms with Gasteiger partial charge in [0.2, 0.25) is 10.0 Å². The van der Waals surface area contributed by atoms with E-state index in [2.05, 4.69) is 61.8 Å². The first kappa shape index (κ1) is 31.4. The highest BCUT2D eigenvalue weighted by Gasteiger charge is 2.32. The standard InChI is InChI=1S/C34H51N3O3S/c1-24(2)30-15-12-16-31(25(3)4)34(30)37-20-19-36(23-27-13-10-9-11-14-27)33(37)22-28-21-29(41(38,39)35(7)8)17-18-32(28)40-26(5)6/h12,15-18,21-22,24-27H,9-11,13-14,19-20,23H2,1-8H3. The smallest absolute Gasteiger partial charge is 0.242 e. The van der Waals surface area contributed by atoms with Gasteiger partial charge in [-0.1, -0.05) is 65.2 Å². The summed E-state index contributed by atoms with van der Waals surface area (Å²) in [7, 11) is -0.442.